The smallest absolute Gasteiger partial charge is 0.349 e. The van der Waals surface area contributed by atoms with Crippen molar-refractivity contribution in [3.63, 3.8) is 0 Å². The topological polar surface area (TPSA) is 63.4 Å². The summed E-state index contributed by atoms with van der Waals surface area (Å²) in [5.74, 6) is -0.275. The molecule has 0 N–H and O–H groups in total. The van der Waals surface area contributed by atoms with Crippen LogP contribution in [0.1, 0.15) is 40.7 Å². The molecule has 0 aliphatic carbocycles. The van der Waals surface area contributed by atoms with Crippen molar-refractivity contribution in [2.45, 2.75) is 25.3 Å². The second-order valence-electron chi connectivity index (χ2n) is 7.02. The first-order valence-corrected chi connectivity index (χ1v) is 10.2. The van der Waals surface area contributed by atoms with Crippen molar-refractivity contribution in [2.75, 3.05) is 6.54 Å². The van der Waals surface area contributed by atoms with Gasteiger partial charge in [-0.05, 0) is 43.5 Å². The minimum atomic E-state index is -0.586. The number of hydrogen-bond donors (Lipinski definition) is 0. The highest BCUT2D eigenvalue weighted by Crippen LogP contribution is 2.36. The molecule has 2 aromatic carbocycles. The normalized spacial score (nSPS) is 17.3. The van der Waals surface area contributed by atoms with Crippen molar-refractivity contribution in [3.8, 4) is 0 Å². The molecule has 1 amide bonds. The Morgan fingerprint density at radius 2 is 1.93 bits per heavy atom. The summed E-state index contributed by atoms with van der Waals surface area (Å²) in [6, 6.07) is 16.8. The van der Waals surface area contributed by atoms with Crippen LogP contribution in [0.3, 0.4) is 0 Å². The van der Waals surface area contributed by atoms with Crippen LogP contribution in [0.2, 0.25) is 0 Å². The fraction of sp³-hybridized carbons (Fsp3) is 0.227. The van der Waals surface area contributed by atoms with Crippen LogP contribution in [-0.2, 0) is 0 Å². The van der Waals surface area contributed by atoms with E-state index in [0.29, 0.717) is 12.1 Å². The molecule has 1 fully saturated rings. The number of thiazole rings is 1. The molecule has 0 spiro atoms. The van der Waals surface area contributed by atoms with E-state index in [1.165, 1.54) is 0 Å². The van der Waals surface area contributed by atoms with Crippen LogP contribution in [0.15, 0.2) is 63.8 Å². The number of rotatable bonds is 2. The third kappa shape index (κ3) is 2.90. The molecule has 0 saturated carbocycles. The van der Waals surface area contributed by atoms with E-state index in [-0.39, 0.29) is 17.5 Å². The van der Waals surface area contributed by atoms with Crippen molar-refractivity contribution in [1.29, 1.82) is 0 Å². The summed E-state index contributed by atoms with van der Waals surface area (Å²) in [5.41, 5.74) is 0.945. The molecule has 1 aliphatic rings. The predicted octanol–water partition coefficient (Wildman–Crippen LogP) is 4.77. The standard InChI is InChI=1S/C22H18N2O3S/c25-21(15-13-14-7-1-3-10-18(14)27-22(15)26)24-12-6-5-9-17(24)20-23-16-8-2-4-11-19(16)28-20/h1-4,7-8,10-11,13,17H,5-6,9,12H2/t17-/m0/s1. The molecule has 5 rings (SSSR count). The molecule has 0 bridgehead atoms. The zero-order valence-electron chi connectivity index (χ0n) is 15.1. The van der Waals surface area contributed by atoms with E-state index in [1.807, 2.05) is 36.4 Å². The van der Waals surface area contributed by atoms with Crippen LogP contribution in [0.25, 0.3) is 21.2 Å². The van der Waals surface area contributed by atoms with Gasteiger partial charge in [0.2, 0.25) is 0 Å². The second kappa shape index (κ2) is 6.87. The van der Waals surface area contributed by atoms with Gasteiger partial charge in [-0.1, -0.05) is 30.3 Å². The highest BCUT2D eigenvalue weighted by Gasteiger charge is 2.32. The molecule has 140 valence electrons. The highest BCUT2D eigenvalue weighted by atomic mass is 32.1. The predicted molar refractivity (Wildman–Crippen MR) is 110 cm³/mol. The summed E-state index contributed by atoms with van der Waals surface area (Å²) in [7, 11) is 0. The molecule has 3 heterocycles. The Bertz CT molecular complexity index is 1210. The first-order chi connectivity index (χ1) is 13.7. The number of amides is 1. The van der Waals surface area contributed by atoms with E-state index >= 15 is 0 Å². The van der Waals surface area contributed by atoms with Crippen LogP contribution in [-0.4, -0.2) is 22.3 Å². The maximum atomic E-state index is 13.3. The number of likely N-dealkylation sites (tertiary alicyclic amines) is 1. The lowest BCUT2D eigenvalue weighted by Crippen LogP contribution is -2.40. The zero-order valence-corrected chi connectivity index (χ0v) is 15.9. The average molecular weight is 390 g/mol. The number of benzene rings is 2. The zero-order chi connectivity index (χ0) is 19.1. The van der Waals surface area contributed by atoms with Crippen LogP contribution < -0.4 is 5.63 Å². The third-order valence-electron chi connectivity index (χ3n) is 5.23. The third-order valence-corrected chi connectivity index (χ3v) is 6.37. The Morgan fingerprint density at radius 3 is 2.82 bits per heavy atom. The number of para-hydroxylation sites is 2. The van der Waals surface area contributed by atoms with Gasteiger partial charge in [-0.2, -0.15) is 0 Å². The number of hydrogen-bond acceptors (Lipinski definition) is 5. The van der Waals surface area contributed by atoms with Gasteiger partial charge >= 0.3 is 5.63 Å². The molecule has 2 aromatic heterocycles. The molecular weight excluding hydrogens is 372 g/mol. The van der Waals surface area contributed by atoms with E-state index in [4.69, 9.17) is 9.40 Å². The van der Waals surface area contributed by atoms with Crippen LogP contribution in [0, 0.1) is 0 Å². The average Bonchev–Trinajstić information content (AvgIpc) is 3.17. The monoisotopic (exact) mass is 390 g/mol. The first-order valence-electron chi connectivity index (χ1n) is 9.40. The van der Waals surface area contributed by atoms with E-state index < -0.39 is 5.63 Å². The lowest BCUT2D eigenvalue weighted by molar-refractivity contribution is 0.0607. The summed E-state index contributed by atoms with van der Waals surface area (Å²) < 4.78 is 6.49. The largest absolute Gasteiger partial charge is 0.422 e. The Morgan fingerprint density at radius 1 is 1.11 bits per heavy atom. The molecule has 6 heteroatoms. The van der Waals surface area contributed by atoms with Crippen molar-refractivity contribution >= 4 is 38.4 Å². The Balaban J connectivity index is 1.55. The number of piperidine rings is 1. The molecule has 4 aromatic rings. The minimum absolute atomic E-state index is 0.0895. The van der Waals surface area contributed by atoms with E-state index in [1.54, 1.807) is 34.4 Å². The van der Waals surface area contributed by atoms with Gasteiger partial charge < -0.3 is 9.32 Å². The number of carbonyl (C=O) groups is 1. The molecule has 5 nitrogen and oxygen atoms in total. The van der Waals surface area contributed by atoms with Gasteiger partial charge in [-0.15, -0.1) is 11.3 Å². The quantitative estimate of drug-likeness (QED) is 0.463. The first kappa shape index (κ1) is 17.1. The summed E-state index contributed by atoms with van der Waals surface area (Å²) in [4.78, 5) is 32.3. The molecule has 0 radical (unpaired) electrons. The second-order valence-corrected chi connectivity index (χ2v) is 8.08. The Labute approximate surface area is 165 Å². The maximum Gasteiger partial charge on any atom is 0.349 e. The summed E-state index contributed by atoms with van der Waals surface area (Å²) in [6.45, 7) is 0.617. The Hall–Kier alpha value is -2.99. The number of nitrogens with zero attached hydrogens (tertiary/aromatic N) is 2. The van der Waals surface area contributed by atoms with E-state index in [9.17, 15) is 9.59 Å². The molecule has 1 saturated heterocycles. The van der Waals surface area contributed by atoms with E-state index in [2.05, 4.69) is 0 Å². The molecule has 1 aliphatic heterocycles. The van der Waals surface area contributed by atoms with Gasteiger partial charge in [0, 0.05) is 11.9 Å². The van der Waals surface area contributed by atoms with Crippen LogP contribution in [0.5, 0.6) is 0 Å². The molecule has 28 heavy (non-hydrogen) atoms. The van der Waals surface area contributed by atoms with E-state index in [0.717, 1.165) is 39.9 Å². The SMILES string of the molecule is O=C(c1cc2ccccc2oc1=O)N1CCCC[C@H]1c1nc2ccccc2s1. The van der Waals surface area contributed by atoms with Crippen molar-refractivity contribution in [3.05, 3.63) is 75.6 Å². The van der Waals surface area contributed by atoms with Gasteiger partial charge in [0.05, 0.1) is 16.3 Å². The Kier molecular flexibility index (Phi) is 4.20. The van der Waals surface area contributed by atoms with Crippen molar-refractivity contribution in [1.82, 2.24) is 9.88 Å². The van der Waals surface area contributed by atoms with Crippen LogP contribution in [0.4, 0.5) is 0 Å². The summed E-state index contributed by atoms with van der Waals surface area (Å²) in [6.07, 6.45) is 2.81. The van der Waals surface area contributed by atoms with Crippen LogP contribution >= 0.6 is 11.3 Å². The lowest BCUT2D eigenvalue weighted by atomic mass is 10.0. The lowest BCUT2D eigenvalue weighted by Gasteiger charge is -2.34. The fourth-order valence-corrected chi connectivity index (χ4v) is 4.94. The molecular formula is C22H18N2O3S. The summed E-state index contributed by atoms with van der Waals surface area (Å²) in [5, 5.41) is 1.68. The number of carbonyl (C=O) groups excluding carboxylic acids is 1. The summed E-state index contributed by atoms with van der Waals surface area (Å²) >= 11 is 1.62. The van der Waals surface area contributed by atoms with Gasteiger partial charge in [-0.3, -0.25) is 4.79 Å². The van der Waals surface area contributed by atoms with Crippen molar-refractivity contribution < 1.29 is 9.21 Å². The van der Waals surface area contributed by atoms with Crippen molar-refractivity contribution in [2.24, 2.45) is 0 Å². The van der Waals surface area contributed by atoms with Gasteiger partial charge in [-0.25, -0.2) is 9.78 Å². The van der Waals surface area contributed by atoms with Gasteiger partial charge in [0.25, 0.3) is 5.91 Å². The molecule has 1 atom stereocenters. The number of fused-ring (bicyclic) bond motifs is 2. The van der Waals surface area contributed by atoms with Gasteiger partial charge in [0.15, 0.2) is 0 Å². The number of aromatic nitrogens is 1. The van der Waals surface area contributed by atoms with Gasteiger partial charge in [0.1, 0.15) is 16.2 Å². The highest BCUT2D eigenvalue weighted by molar-refractivity contribution is 7.18. The maximum absolute atomic E-state index is 13.3. The molecule has 0 unspecified atom stereocenters. The minimum Gasteiger partial charge on any atom is -0.422 e. The fourth-order valence-electron chi connectivity index (χ4n) is 3.83.